The topological polar surface area (TPSA) is 73.0 Å². The minimum absolute atomic E-state index is 0.201. The fourth-order valence-electron chi connectivity index (χ4n) is 2.57. The van der Waals surface area contributed by atoms with Gasteiger partial charge in [-0.1, -0.05) is 48.3 Å². The van der Waals surface area contributed by atoms with Crippen LogP contribution in [0.1, 0.15) is 35.3 Å². The van der Waals surface area contributed by atoms with E-state index >= 15 is 0 Å². The van der Waals surface area contributed by atoms with E-state index in [1.807, 2.05) is 24.3 Å². The zero-order valence-electron chi connectivity index (χ0n) is 14.1. The second-order valence-electron chi connectivity index (χ2n) is 5.74. The predicted molar refractivity (Wildman–Crippen MR) is 95.3 cm³/mol. The summed E-state index contributed by atoms with van der Waals surface area (Å²) in [6.45, 7) is 2.32. The largest absolute Gasteiger partial charge is 0.359 e. The Morgan fingerprint density at radius 2 is 2.12 bits per heavy atom. The summed E-state index contributed by atoms with van der Waals surface area (Å²) >= 11 is 6.16. The molecular formula is C18H19ClN4O2. The zero-order chi connectivity index (χ0) is 17.8. The monoisotopic (exact) mass is 358 g/mol. The molecule has 0 saturated carbocycles. The molecule has 0 unspecified atom stereocenters. The summed E-state index contributed by atoms with van der Waals surface area (Å²) in [7, 11) is 1.76. The lowest BCUT2D eigenvalue weighted by Gasteiger charge is -2.02. The molecule has 2 aromatic heterocycles. The van der Waals surface area contributed by atoms with Crippen molar-refractivity contribution in [2.75, 3.05) is 0 Å². The van der Waals surface area contributed by atoms with E-state index < -0.39 is 0 Å². The van der Waals surface area contributed by atoms with Crippen molar-refractivity contribution in [1.82, 2.24) is 20.3 Å². The molecule has 0 atom stereocenters. The smallest absolute Gasteiger partial charge is 0.269 e. The van der Waals surface area contributed by atoms with Crippen LogP contribution in [0.25, 0.3) is 11.3 Å². The fraction of sp³-hybridized carbons (Fsp3) is 0.278. The van der Waals surface area contributed by atoms with Crippen LogP contribution in [-0.2, 0) is 20.0 Å². The summed E-state index contributed by atoms with van der Waals surface area (Å²) in [4.78, 5) is 12.3. The van der Waals surface area contributed by atoms with Gasteiger partial charge in [-0.15, -0.1) is 0 Å². The lowest BCUT2D eigenvalue weighted by Crippen LogP contribution is -2.24. The van der Waals surface area contributed by atoms with Crippen molar-refractivity contribution in [2.45, 2.75) is 26.3 Å². The quantitative estimate of drug-likeness (QED) is 0.730. The Hall–Kier alpha value is -2.60. The summed E-state index contributed by atoms with van der Waals surface area (Å²) in [5.41, 5.74) is 2.87. The normalized spacial score (nSPS) is 10.8. The minimum Gasteiger partial charge on any atom is -0.359 e. The van der Waals surface area contributed by atoms with Gasteiger partial charge in [-0.05, 0) is 18.6 Å². The number of nitrogens with zero attached hydrogens (tertiary/aromatic N) is 3. The van der Waals surface area contributed by atoms with Crippen molar-refractivity contribution in [3.63, 3.8) is 0 Å². The van der Waals surface area contributed by atoms with E-state index in [2.05, 4.69) is 22.5 Å². The molecule has 1 amide bonds. The molecule has 0 aliphatic carbocycles. The molecule has 2 heterocycles. The van der Waals surface area contributed by atoms with Crippen LogP contribution in [0.4, 0.5) is 0 Å². The van der Waals surface area contributed by atoms with Crippen LogP contribution in [0.15, 0.2) is 40.9 Å². The molecule has 0 saturated heterocycles. The first kappa shape index (κ1) is 17.2. The first-order valence-corrected chi connectivity index (χ1v) is 8.48. The van der Waals surface area contributed by atoms with Crippen LogP contribution in [-0.4, -0.2) is 20.8 Å². The lowest BCUT2D eigenvalue weighted by atomic mass is 10.1. The number of rotatable bonds is 6. The number of carbonyl (C=O) groups excluding carboxylic acids is 1. The third kappa shape index (κ3) is 3.91. The van der Waals surface area contributed by atoms with Crippen LogP contribution in [0, 0.1) is 0 Å². The number of amides is 1. The molecule has 3 rings (SSSR count). The van der Waals surface area contributed by atoms with Crippen molar-refractivity contribution < 1.29 is 9.32 Å². The second kappa shape index (κ2) is 7.53. The summed E-state index contributed by atoms with van der Waals surface area (Å²) < 4.78 is 6.88. The van der Waals surface area contributed by atoms with Gasteiger partial charge in [0.1, 0.15) is 11.4 Å². The van der Waals surface area contributed by atoms with E-state index in [1.54, 1.807) is 23.9 Å². The third-order valence-corrected chi connectivity index (χ3v) is 4.13. The van der Waals surface area contributed by atoms with Crippen LogP contribution in [0.3, 0.4) is 0 Å². The number of hydrogen-bond donors (Lipinski definition) is 1. The van der Waals surface area contributed by atoms with Crippen molar-refractivity contribution in [3.8, 4) is 11.3 Å². The lowest BCUT2D eigenvalue weighted by molar-refractivity contribution is 0.0937. The van der Waals surface area contributed by atoms with E-state index in [0.717, 1.165) is 24.1 Å². The van der Waals surface area contributed by atoms with Crippen molar-refractivity contribution >= 4 is 17.5 Å². The standard InChI is InChI=1S/C18H19ClN4O2/c1-3-6-12-9-17(23(2)21-12)18(24)20-11-13-10-16(22-25-13)14-7-4-5-8-15(14)19/h4-5,7-10H,3,6,11H2,1-2H3,(H,20,24). The van der Waals surface area contributed by atoms with Gasteiger partial charge in [0.05, 0.1) is 17.3 Å². The van der Waals surface area contributed by atoms with Crippen LogP contribution >= 0.6 is 11.6 Å². The van der Waals surface area contributed by atoms with Gasteiger partial charge < -0.3 is 9.84 Å². The average Bonchev–Trinajstić information content (AvgIpc) is 3.20. The highest BCUT2D eigenvalue weighted by Gasteiger charge is 2.14. The maximum atomic E-state index is 12.3. The summed E-state index contributed by atoms with van der Waals surface area (Å²) in [6, 6.07) is 11.0. The second-order valence-corrected chi connectivity index (χ2v) is 6.14. The van der Waals surface area contributed by atoms with Crippen LogP contribution in [0.5, 0.6) is 0 Å². The van der Waals surface area contributed by atoms with Crippen LogP contribution in [0.2, 0.25) is 5.02 Å². The molecule has 7 heteroatoms. The third-order valence-electron chi connectivity index (χ3n) is 3.80. The number of hydrogen-bond acceptors (Lipinski definition) is 4. The van der Waals surface area contributed by atoms with Gasteiger partial charge in [-0.2, -0.15) is 5.10 Å². The SMILES string of the molecule is CCCc1cc(C(=O)NCc2cc(-c3ccccc3Cl)no2)n(C)n1. The Bertz CT molecular complexity index is 885. The molecule has 0 spiro atoms. The van der Waals surface area contributed by atoms with Crippen molar-refractivity contribution in [2.24, 2.45) is 7.05 Å². The Morgan fingerprint density at radius 1 is 1.32 bits per heavy atom. The van der Waals surface area contributed by atoms with Gasteiger partial charge in [-0.3, -0.25) is 9.48 Å². The number of carbonyl (C=O) groups is 1. The molecule has 0 bridgehead atoms. The van der Waals surface area contributed by atoms with Gasteiger partial charge in [0.25, 0.3) is 5.91 Å². The zero-order valence-corrected chi connectivity index (χ0v) is 14.9. The minimum atomic E-state index is -0.201. The molecular weight excluding hydrogens is 340 g/mol. The molecule has 6 nitrogen and oxygen atoms in total. The van der Waals surface area contributed by atoms with Crippen molar-refractivity contribution in [1.29, 1.82) is 0 Å². The Balaban J connectivity index is 1.66. The molecule has 130 valence electrons. The first-order valence-electron chi connectivity index (χ1n) is 8.10. The summed E-state index contributed by atoms with van der Waals surface area (Å²) in [5, 5.41) is 11.8. The maximum Gasteiger partial charge on any atom is 0.269 e. The van der Waals surface area contributed by atoms with Crippen LogP contribution < -0.4 is 5.32 Å². The first-order chi connectivity index (χ1) is 12.1. The number of benzene rings is 1. The summed E-state index contributed by atoms with van der Waals surface area (Å²) in [5.74, 6) is 0.354. The number of halogens is 1. The van der Waals surface area contributed by atoms with E-state index in [4.69, 9.17) is 16.1 Å². The highest BCUT2D eigenvalue weighted by atomic mass is 35.5. The molecule has 0 aliphatic rings. The summed E-state index contributed by atoms with van der Waals surface area (Å²) in [6.07, 6.45) is 1.84. The number of nitrogens with one attached hydrogen (secondary N) is 1. The molecule has 25 heavy (non-hydrogen) atoms. The number of aromatic nitrogens is 3. The van der Waals surface area contributed by atoms with E-state index in [0.29, 0.717) is 22.2 Å². The van der Waals surface area contributed by atoms with E-state index in [1.165, 1.54) is 0 Å². The molecule has 0 aliphatic heterocycles. The van der Waals surface area contributed by atoms with Gasteiger partial charge in [0.15, 0.2) is 5.76 Å². The Labute approximate surface area is 150 Å². The fourth-order valence-corrected chi connectivity index (χ4v) is 2.80. The van der Waals surface area contributed by atoms with Gasteiger partial charge in [0.2, 0.25) is 0 Å². The van der Waals surface area contributed by atoms with Gasteiger partial charge in [0, 0.05) is 18.7 Å². The maximum absolute atomic E-state index is 12.3. The highest BCUT2D eigenvalue weighted by molar-refractivity contribution is 6.33. The Kier molecular flexibility index (Phi) is 5.19. The van der Waals surface area contributed by atoms with Gasteiger partial charge >= 0.3 is 0 Å². The molecule has 1 aromatic carbocycles. The highest BCUT2D eigenvalue weighted by Crippen LogP contribution is 2.26. The predicted octanol–water partition coefficient (Wildman–Crippen LogP) is 3.61. The van der Waals surface area contributed by atoms with E-state index in [9.17, 15) is 4.79 Å². The Morgan fingerprint density at radius 3 is 2.88 bits per heavy atom. The molecule has 0 radical (unpaired) electrons. The van der Waals surface area contributed by atoms with Gasteiger partial charge in [-0.25, -0.2) is 0 Å². The van der Waals surface area contributed by atoms with E-state index in [-0.39, 0.29) is 12.5 Å². The average molecular weight is 359 g/mol. The molecule has 3 aromatic rings. The number of aryl methyl sites for hydroxylation is 2. The molecule has 0 fully saturated rings. The molecule has 1 N–H and O–H groups in total. The van der Waals surface area contributed by atoms with Crippen molar-refractivity contribution in [3.05, 3.63) is 58.6 Å².